The second-order valence-corrected chi connectivity index (χ2v) is 6.82. The minimum Gasteiger partial charge on any atom is -0.478 e. The molecule has 122 valence electrons. The fourth-order valence-corrected chi connectivity index (χ4v) is 3.94. The predicted molar refractivity (Wildman–Crippen MR) is 96.0 cm³/mol. The molecule has 0 atom stereocenters. The first-order valence-electron chi connectivity index (χ1n) is 7.28. The molecule has 0 aliphatic heterocycles. The number of thiophene rings is 2. The first kappa shape index (κ1) is 16.4. The van der Waals surface area contributed by atoms with E-state index in [0.29, 0.717) is 16.7 Å². The number of rotatable bonds is 5. The summed E-state index contributed by atoms with van der Waals surface area (Å²) in [4.78, 5) is 25.8. The lowest BCUT2D eigenvalue weighted by Gasteiger charge is -2.12. The highest BCUT2D eigenvalue weighted by Crippen LogP contribution is 2.36. The number of carbonyl (C=O) groups is 2. The van der Waals surface area contributed by atoms with Crippen LogP contribution in [0, 0.1) is 0 Å². The van der Waals surface area contributed by atoms with Crippen molar-refractivity contribution in [1.82, 2.24) is 0 Å². The Bertz CT molecular complexity index is 865. The summed E-state index contributed by atoms with van der Waals surface area (Å²) in [6.07, 6.45) is 0. The molecule has 0 radical (unpaired) electrons. The Balaban J connectivity index is 2.27. The summed E-state index contributed by atoms with van der Waals surface area (Å²) in [6, 6.07) is 10.6. The van der Waals surface area contributed by atoms with Gasteiger partial charge in [0.25, 0.3) is 0 Å². The van der Waals surface area contributed by atoms with Gasteiger partial charge in [-0.1, -0.05) is 12.1 Å². The summed E-state index contributed by atoms with van der Waals surface area (Å²) in [7, 11) is 0. The molecule has 0 unspecified atom stereocenters. The molecular weight excluding hydrogens is 344 g/mol. The van der Waals surface area contributed by atoms with Gasteiger partial charge < -0.3 is 9.84 Å². The third-order valence-corrected chi connectivity index (χ3v) is 5.26. The monoisotopic (exact) mass is 358 g/mol. The molecule has 0 fully saturated rings. The van der Waals surface area contributed by atoms with Gasteiger partial charge in [-0.15, -0.1) is 22.7 Å². The maximum absolute atomic E-state index is 12.4. The van der Waals surface area contributed by atoms with E-state index < -0.39 is 11.9 Å². The lowest BCUT2D eigenvalue weighted by molar-refractivity contribution is 0.0526. The van der Waals surface area contributed by atoms with Crippen molar-refractivity contribution < 1.29 is 19.4 Å². The highest BCUT2D eigenvalue weighted by molar-refractivity contribution is 7.14. The molecule has 0 saturated heterocycles. The predicted octanol–water partition coefficient (Wildman–Crippen LogP) is 5.02. The fraction of sp³-hybridized carbons (Fsp3) is 0.111. The topological polar surface area (TPSA) is 63.6 Å². The van der Waals surface area contributed by atoms with Gasteiger partial charge in [0, 0.05) is 20.9 Å². The van der Waals surface area contributed by atoms with E-state index in [-0.39, 0.29) is 12.2 Å². The molecule has 1 aromatic carbocycles. The number of carboxylic acid groups (broad SMARTS) is 1. The molecule has 1 N–H and O–H groups in total. The molecule has 3 aromatic rings. The number of carboxylic acids is 1. The average Bonchev–Trinajstić information content (AvgIpc) is 3.27. The van der Waals surface area contributed by atoms with Gasteiger partial charge in [0.2, 0.25) is 0 Å². The molecule has 0 spiro atoms. The number of ether oxygens (including phenoxy) is 1. The minimum atomic E-state index is -1.02. The van der Waals surface area contributed by atoms with Crippen molar-refractivity contribution >= 4 is 34.6 Å². The van der Waals surface area contributed by atoms with Gasteiger partial charge in [-0.25, -0.2) is 9.59 Å². The van der Waals surface area contributed by atoms with Crippen LogP contribution in [0.25, 0.3) is 20.9 Å². The Morgan fingerprint density at radius 3 is 2.00 bits per heavy atom. The Labute approximate surface area is 147 Å². The van der Waals surface area contributed by atoms with Crippen molar-refractivity contribution in [3.63, 3.8) is 0 Å². The van der Waals surface area contributed by atoms with Crippen molar-refractivity contribution in [2.75, 3.05) is 6.61 Å². The van der Waals surface area contributed by atoms with Crippen LogP contribution in [-0.4, -0.2) is 23.7 Å². The zero-order chi connectivity index (χ0) is 17.1. The maximum Gasteiger partial charge on any atom is 0.338 e. The number of aromatic carboxylic acids is 1. The quantitative estimate of drug-likeness (QED) is 0.651. The molecule has 6 heteroatoms. The molecule has 2 aromatic heterocycles. The third kappa shape index (κ3) is 3.11. The smallest absolute Gasteiger partial charge is 0.338 e. The molecule has 4 nitrogen and oxygen atoms in total. The van der Waals surface area contributed by atoms with Crippen LogP contribution in [0.3, 0.4) is 0 Å². The SMILES string of the molecule is CCOC(=O)c1cc(-c2cccs2)c(C(=O)O)cc1-c1cccs1. The van der Waals surface area contributed by atoms with Crippen LogP contribution in [0.15, 0.2) is 47.2 Å². The van der Waals surface area contributed by atoms with Gasteiger partial charge in [0.15, 0.2) is 0 Å². The van der Waals surface area contributed by atoms with Crippen LogP contribution in [0.2, 0.25) is 0 Å². The largest absolute Gasteiger partial charge is 0.478 e. The second kappa shape index (κ2) is 6.98. The summed E-state index contributed by atoms with van der Waals surface area (Å²) in [5, 5.41) is 13.4. The molecule has 0 aliphatic rings. The lowest BCUT2D eigenvalue weighted by Crippen LogP contribution is -2.09. The number of carbonyl (C=O) groups excluding carboxylic acids is 1. The first-order valence-corrected chi connectivity index (χ1v) is 9.04. The van der Waals surface area contributed by atoms with E-state index in [1.807, 2.05) is 35.0 Å². The number of hydrogen-bond acceptors (Lipinski definition) is 5. The molecular formula is C18H14O4S2. The van der Waals surface area contributed by atoms with Crippen molar-refractivity contribution in [2.24, 2.45) is 0 Å². The Hall–Kier alpha value is -2.44. The third-order valence-electron chi connectivity index (χ3n) is 3.46. The van der Waals surface area contributed by atoms with Gasteiger partial charge in [-0.2, -0.15) is 0 Å². The molecule has 24 heavy (non-hydrogen) atoms. The maximum atomic E-state index is 12.4. The van der Waals surface area contributed by atoms with Crippen LogP contribution in [0.5, 0.6) is 0 Å². The minimum absolute atomic E-state index is 0.175. The molecule has 0 amide bonds. The number of benzene rings is 1. The zero-order valence-electron chi connectivity index (χ0n) is 12.8. The van der Waals surface area contributed by atoms with Gasteiger partial charge in [-0.05, 0) is 41.9 Å². The first-order chi connectivity index (χ1) is 11.6. The van der Waals surface area contributed by atoms with Crippen molar-refractivity contribution in [3.05, 3.63) is 58.3 Å². The van der Waals surface area contributed by atoms with Crippen LogP contribution in [-0.2, 0) is 4.74 Å². The van der Waals surface area contributed by atoms with Gasteiger partial charge in [0.05, 0.1) is 17.7 Å². The van der Waals surface area contributed by atoms with E-state index in [0.717, 1.165) is 9.75 Å². The van der Waals surface area contributed by atoms with E-state index in [4.69, 9.17) is 4.74 Å². The number of hydrogen-bond donors (Lipinski definition) is 1. The molecule has 0 saturated carbocycles. The fourth-order valence-electron chi connectivity index (χ4n) is 2.43. The van der Waals surface area contributed by atoms with Crippen LogP contribution in [0.4, 0.5) is 0 Å². The Kier molecular flexibility index (Phi) is 4.78. The summed E-state index contributed by atoms with van der Waals surface area (Å²) in [5.41, 5.74) is 1.67. The van der Waals surface area contributed by atoms with Crippen LogP contribution in [0.1, 0.15) is 27.6 Å². The molecule has 0 bridgehead atoms. The summed E-state index contributed by atoms with van der Waals surface area (Å²) >= 11 is 2.88. The van der Waals surface area contributed by atoms with E-state index in [2.05, 4.69) is 0 Å². The average molecular weight is 358 g/mol. The van der Waals surface area contributed by atoms with Crippen molar-refractivity contribution in [2.45, 2.75) is 6.92 Å². The van der Waals surface area contributed by atoms with Crippen molar-refractivity contribution in [1.29, 1.82) is 0 Å². The van der Waals surface area contributed by atoms with Gasteiger partial charge >= 0.3 is 11.9 Å². The standard InChI is InChI=1S/C18H14O4S2/c1-2-22-18(21)14-10-11(15-5-3-7-23-15)13(17(19)20)9-12(14)16-6-4-8-24-16/h3-10H,2H2,1H3,(H,19,20). The van der Waals surface area contributed by atoms with Crippen LogP contribution >= 0.6 is 22.7 Å². The van der Waals surface area contributed by atoms with E-state index in [1.54, 1.807) is 19.1 Å². The lowest BCUT2D eigenvalue weighted by atomic mass is 9.96. The van der Waals surface area contributed by atoms with E-state index in [9.17, 15) is 14.7 Å². The highest BCUT2D eigenvalue weighted by atomic mass is 32.1. The van der Waals surface area contributed by atoms with Gasteiger partial charge in [0.1, 0.15) is 0 Å². The normalized spacial score (nSPS) is 10.5. The molecule has 0 aliphatic carbocycles. The number of esters is 1. The van der Waals surface area contributed by atoms with Crippen LogP contribution < -0.4 is 0 Å². The molecule has 2 heterocycles. The highest BCUT2D eigenvalue weighted by Gasteiger charge is 2.22. The zero-order valence-corrected chi connectivity index (χ0v) is 14.4. The second-order valence-electron chi connectivity index (χ2n) is 4.92. The molecule has 3 rings (SSSR count). The summed E-state index contributed by atoms with van der Waals surface area (Å²) in [5.74, 6) is -1.47. The van der Waals surface area contributed by atoms with Crippen molar-refractivity contribution in [3.8, 4) is 20.9 Å². The Morgan fingerprint density at radius 2 is 1.54 bits per heavy atom. The van der Waals surface area contributed by atoms with Gasteiger partial charge in [-0.3, -0.25) is 0 Å². The van der Waals surface area contributed by atoms with E-state index >= 15 is 0 Å². The summed E-state index contributed by atoms with van der Waals surface area (Å²) in [6.45, 7) is 2.01. The Morgan fingerprint density at radius 1 is 1.00 bits per heavy atom. The van der Waals surface area contributed by atoms with E-state index in [1.165, 1.54) is 22.7 Å². The summed E-state index contributed by atoms with van der Waals surface area (Å²) < 4.78 is 5.16.